The third-order valence-corrected chi connectivity index (χ3v) is 5.20. The van der Waals surface area contributed by atoms with Crippen LogP contribution < -0.4 is 10.3 Å². The highest BCUT2D eigenvalue weighted by atomic mass is 16.6. The van der Waals surface area contributed by atoms with Crippen molar-refractivity contribution in [3.05, 3.63) is 85.2 Å². The van der Waals surface area contributed by atoms with Crippen LogP contribution in [0.25, 0.3) is 0 Å². The highest BCUT2D eigenvalue weighted by molar-refractivity contribution is 5.57. The Bertz CT molecular complexity index is 1340. The number of non-ortho nitro benzene ring substituents is 1. The molecule has 33 heavy (non-hydrogen) atoms. The lowest BCUT2D eigenvalue weighted by Crippen LogP contribution is -2.22. The fourth-order valence-corrected chi connectivity index (χ4v) is 3.27. The van der Waals surface area contributed by atoms with E-state index in [2.05, 4.69) is 10.2 Å². The second-order valence-electron chi connectivity index (χ2n) is 7.27. The summed E-state index contributed by atoms with van der Waals surface area (Å²) in [7, 11) is 1.57. The van der Waals surface area contributed by atoms with Crippen molar-refractivity contribution >= 4 is 17.1 Å². The van der Waals surface area contributed by atoms with Gasteiger partial charge in [-0.1, -0.05) is 12.1 Å². The van der Waals surface area contributed by atoms with Crippen LogP contribution in [0.5, 0.6) is 11.6 Å². The number of aryl methyl sites for hydroxylation is 2. The van der Waals surface area contributed by atoms with Gasteiger partial charge < -0.3 is 9.84 Å². The maximum Gasteiger partial charge on any atom is 0.281 e. The lowest BCUT2D eigenvalue weighted by atomic mass is 10.1. The minimum absolute atomic E-state index is 0.0706. The highest BCUT2D eigenvalue weighted by Crippen LogP contribution is 2.29. The van der Waals surface area contributed by atoms with Gasteiger partial charge in [-0.2, -0.15) is 10.4 Å². The molecular formula is C23H21N5O5. The van der Waals surface area contributed by atoms with Crippen LogP contribution in [-0.2, 0) is 13.0 Å². The molecule has 3 rings (SSSR count). The molecule has 0 aliphatic carbocycles. The molecule has 10 heteroatoms. The summed E-state index contributed by atoms with van der Waals surface area (Å²) in [4.78, 5) is 23.5. The molecule has 0 saturated heterocycles. The molecule has 0 amide bonds. The summed E-state index contributed by atoms with van der Waals surface area (Å²) in [5.41, 5.74) is 1.12. The Labute approximate surface area is 189 Å². The van der Waals surface area contributed by atoms with Crippen molar-refractivity contribution < 1.29 is 14.8 Å². The Morgan fingerprint density at radius 2 is 1.88 bits per heavy atom. The SMILES string of the molecule is COc1ccc(CCn2c(O)c(C#N)c(C)c(N=Nc3ccc([N+](=O)[O-])cc3C)c2=O)cc1. The molecule has 0 fully saturated rings. The van der Waals surface area contributed by atoms with E-state index in [-0.39, 0.29) is 29.0 Å². The van der Waals surface area contributed by atoms with Gasteiger partial charge in [0.2, 0.25) is 5.88 Å². The number of benzene rings is 2. The summed E-state index contributed by atoms with van der Waals surface area (Å²) >= 11 is 0. The number of hydrogen-bond acceptors (Lipinski definition) is 8. The largest absolute Gasteiger partial charge is 0.497 e. The molecule has 0 radical (unpaired) electrons. The van der Waals surface area contributed by atoms with Gasteiger partial charge in [0, 0.05) is 24.2 Å². The Morgan fingerprint density at radius 3 is 2.45 bits per heavy atom. The van der Waals surface area contributed by atoms with E-state index < -0.39 is 16.4 Å². The summed E-state index contributed by atoms with van der Waals surface area (Å²) in [5, 5.41) is 39.1. The molecule has 168 valence electrons. The number of aromatic hydroxyl groups is 1. The van der Waals surface area contributed by atoms with Gasteiger partial charge in [0.25, 0.3) is 11.2 Å². The second kappa shape index (κ2) is 9.74. The summed E-state index contributed by atoms with van der Waals surface area (Å²) in [6, 6.07) is 13.3. The Morgan fingerprint density at radius 1 is 1.18 bits per heavy atom. The number of ether oxygens (including phenoxy) is 1. The molecule has 0 spiro atoms. The van der Waals surface area contributed by atoms with Gasteiger partial charge in [0.05, 0.1) is 17.7 Å². The molecule has 0 aliphatic rings. The fraction of sp³-hybridized carbons (Fsp3) is 0.217. The molecule has 0 unspecified atom stereocenters. The van der Waals surface area contributed by atoms with Gasteiger partial charge in [-0.25, -0.2) is 0 Å². The highest BCUT2D eigenvalue weighted by Gasteiger charge is 2.19. The van der Waals surface area contributed by atoms with Crippen LogP contribution in [0.4, 0.5) is 17.1 Å². The van der Waals surface area contributed by atoms with Gasteiger partial charge in [-0.15, -0.1) is 5.11 Å². The Kier molecular flexibility index (Phi) is 6.83. The van der Waals surface area contributed by atoms with E-state index >= 15 is 0 Å². The van der Waals surface area contributed by atoms with Crippen LogP contribution in [0.1, 0.15) is 22.3 Å². The standard InChI is InChI=1S/C23H21N5O5/c1-14-12-17(28(31)32)6-9-20(14)25-26-21-15(2)19(13-24)22(29)27(23(21)30)11-10-16-4-7-18(33-3)8-5-16/h4-9,12,29H,10-11H2,1-3H3. The van der Waals surface area contributed by atoms with Gasteiger partial charge in [0.15, 0.2) is 5.69 Å². The lowest BCUT2D eigenvalue weighted by molar-refractivity contribution is -0.384. The third-order valence-electron chi connectivity index (χ3n) is 5.20. The molecule has 1 N–H and O–H groups in total. The second-order valence-corrected chi connectivity index (χ2v) is 7.27. The first-order valence-electron chi connectivity index (χ1n) is 9.93. The molecule has 1 aromatic heterocycles. The Balaban J connectivity index is 1.98. The average molecular weight is 447 g/mol. The zero-order valence-electron chi connectivity index (χ0n) is 18.3. The summed E-state index contributed by atoms with van der Waals surface area (Å²) in [6.07, 6.45) is 0.420. The van der Waals surface area contributed by atoms with Crippen molar-refractivity contribution in [3.8, 4) is 17.7 Å². The van der Waals surface area contributed by atoms with Gasteiger partial charge >= 0.3 is 0 Å². The number of aromatic nitrogens is 1. The van der Waals surface area contributed by atoms with E-state index in [1.807, 2.05) is 18.2 Å². The van der Waals surface area contributed by atoms with Crippen molar-refractivity contribution in [2.24, 2.45) is 10.2 Å². The summed E-state index contributed by atoms with van der Waals surface area (Å²) in [5.74, 6) is 0.268. The smallest absolute Gasteiger partial charge is 0.281 e. The number of azo groups is 1. The number of nitro groups is 1. The number of hydrogen-bond donors (Lipinski definition) is 1. The third kappa shape index (κ3) is 4.88. The zero-order chi connectivity index (χ0) is 24.1. The summed E-state index contributed by atoms with van der Waals surface area (Å²) < 4.78 is 6.22. The molecular weight excluding hydrogens is 426 g/mol. The van der Waals surface area contributed by atoms with E-state index in [4.69, 9.17) is 4.74 Å². The number of methoxy groups -OCH3 is 1. The van der Waals surface area contributed by atoms with Crippen LogP contribution in [0.2, 0.25) is 0 Å². The molecule has 10 nitrogen and oxygen atoms in total. The summed E-state index contributed by atoms with van der Waals surface area (Å²) in [6.45, 7) is 3.26. The van der Waals surface area contributed by atoms with Gasteiger partial charge in [-0.05, 0) is 49.6 Å². The first-order valence-corrected chi connectivity index (χ1v) is 9.93. The number of nitriles is 1. The maximum absolute atomic E-state index is 13.1. The number of nitro benzene ring substituents is 1. The quantitative estimate of drug-likeness (QED) is 0.318. The fourth-order valence-electron chi connectivity index (χ4n) is 3.27. The van der Waals surface area contributed by atoms with Crippen LogP contribution >= 0.6 is 0 Å². The lowest BCUT2D eigenvalue weighted by Gasteiger charge is -2.13. The van der Waals surface area contributed by atoms with Crippen LogP contribution in [-0.4, -0.2) is 21.7 Å². The van der Waals surface area contributed by atoms with Gasteiger partial charge in [-0.3, -0.25) is 19.5 Å². The van der Waals surface area contributed by atoms with E-state index in [0.717, 1.165) is 10.1 Å². The van der Waals surface area contributed by atoms with Crippen molar-refractivity contribution in [1.82, 2.24) is 4.57 Å². The first kappa shape index (κ1) is 23.1. The number of rotatable bonds is 7. The van der Waals surface area contributed by atoms with Gasteiger partial charge in [0.1, 0.15) is 17.4 Å². The average Bonchev–Trinajstić information content (AvgIpc) is 2.80. The van der Waals surface area contributed by atoms with E-state index in [1.54, 1.807) is 26.2 Å². The normalized spacial score (nSPS) is 10.8. The molecule has 3 aromatic rings. The van der Waals surface area contributed by atoms with Crippen molar-refractivity contribution in [2.45, 2.75) is 26.8 Å². The molecule has 1 heterocycles. The van der Waals surface area contributed by atoms with Crippen molar-refractivity contribution in [3.63, 3.8) is 0 Å². The van der Waals surface area contributed by atoms with Crippen LogP contribution in [0.3, 0.4) is 0 Å². The predicted octanol–water partition coefficient (Wildman–Crippen LogP) is 4.62. The monoisotopic (exact) mass is 447 g/mol. The first-order chi connectivity index (χ1) is 15.8. The van der Waals surface area contributed by atoms with Crippen molar-refractivity contribution in [2.75, 3.05) is 7.11 Å². The minimum atomic E-state index is -0.596. The minimum Gasteiger partial charge on any atom is -0.497 e. The topological polar surface area (TPSA) is 143 Å². The number of pyridine rings is 1. The molecule has 0 bridgehead atoms. The Hall–Kier alpha value is -4.52. The zero-order valence-corrected chi connectivity index (χ0v) is 18.3. The molecule has 0 saturated carbocycles. The van der Waals surface area contributed by atoms with Crippen molar-refractivity contribution in [1.29, 1.82) is 5.26 Å². The number of nitrogens with zero attached hydrogens (tertiary/aromatic N) is 5. The van der Waals surface area contributed by atoms with E-state index in [9.17, 15) is 25.3 Å². The van der Waals surface area contributed by atoms with E-state index in [0.29, 0.717) is 23.4 Å². The molecule has 2 aromatic carbocycles. The van der Waals surface area contributed by atoms with E-state index in [1.165, 1.54) is 25.1 Å². The maximum atomic E-state index is 13.1. The van der Waals surface area contributed by atoms with Crippen LogP contribution in [0.15, 0.2) is 57.5 Å². The van der Waals surface area contributed by atoms with Crippen LogP contribution in [0, 0.1) is 35.3 Å². The molecule has 0 atom stereocenters. The molecule has 0 aliphatic heterocycles. The predicted molar refractivity (Wildman–Crippen MR) is 121 cm³/mol.